The number of rotatable bonds is 4. The Morgan fingerprint density at radius 2 is 2.12 bits per heavy atom. The molecule has 0 saturated heterocycles. The number of carbonyl (C=O) groups is 1. The molecule has 0 aliphatic heterocycles. The van der Waals surface area contributed by atoms with Gasteiger partial charge in [-0.25, -0.2) is 4.98 Å². The molecule has 0 aliphatic rings. The van der Waals surface area contributed by atoms with E-state index in [4.69, 9.17) is 15.9 Å². The van der Waals surface area contributed by atoms with Crippen LogP contribution in [0.4, 0.5) is 5.69 Å². The van der Waals surface area contributed by atoms with E-state index in [9.17, 15) is 14.9 Å². The predicted octanol–water partition coefficient (Wildman–Crippen LogP) is 2.23. The lowest BCUT2D eigenvalue weighted by atomic mass is 10.2. The third-order valence-corrected chi connectivity index (χ3v) is 3.64. The maximum Gasteiger partial charge on any atom is 0.276 e. The van der Waals surface area contributed by atoms with Crippen LogP contribution in [0, 0.1) is 15.5 Å². The van der Waals surface area contributed by atoms with Gasteiger partial charge in [-0.15, -0.1) is 0 Å². The lowest BCUT2D eigenvalue weighted by Crippen LogP contribution is -2.38. The summed E-state index contributed by atoms with van der Waals surface area (Å²) in [5.74, 6) is -0.338. The largest absolute Gasteiger partial charge is 0.439 e. The average Bonchev–Trinajstić information content (AvgIpc) is 3.03. The molecule has 0 unspecified atom stereocenters. The normalized spacial score (nSPS) is 10.5. The van der Waals surface area contributed by atoms with Gasteiger partial charge < -0.3 is 15.5 Å². The van der Waals surface area contributed by atoms with Gasteiger partial charge in [-0.2, -0.15) is 0 Å². The summed E-state index contributed by atoms with van der Waals surface area (Å²) in [5, 5.41) is 18.9. The lowest BCUT2D eigenvalue weighted by Gasteiger charge is -2.12. The topological polar surface area (TPSA) is 151 Å². The average molecular weight is 354 g/mol. The zero-order valence-electron chi connectivity index (χ0n) is 13.6. The Morgan fingerprint density at radius 3 is 2.81 bits per heavy atom. The molecule has 0 radical (unpaired) electrons. The third-order valence-electron chi connectivity index (χ3n) is 3.64. The van der Waals surface area contributed by atoms with Crippen molar-refractivity contribution < 1.29 is 14.5 Å². The number of hydrogen-bond acceptors (Lipinski definition) is 6. The number of nitrogens with two attached hydrogens (primary N) is 1. The SMILES string of the molecule is CN(C(=N)N)C(=O)c1cc2ccc(Oc3cc([N+](=O)[O-])ccn3)cc2[nH]1. The van der Waals surface area contributed by atoms with Crippen molar-refractivity contribution in [1.82, 2.24) is 14.9 Å². The fraction of sp³-hybridized carbons (Fsp3) is 0.0625. The molecule has 132 valence electrons. The van der Waals surface area contributed by atoms with Crippen molar-refractivity contribution in [2.75, 3.05) is 7.05 Å². The predicted molar refractivity (Wildman–Crippen MR) is 93.3 cm³/mol. The summed E-state index contributed by atoms with van der Waals surface area (Å²) in [7, 11) is 1.40. The quantitative estimate of drug-likeness (QED) is 0.283. The second-order valence-corrected chi connectivity index (χ2v) is 5.39. The summed E-state index contributed by atoms with van der Waals surface area (Å²) in [4.78, 5) is 30.4. The van der Waals surface area contributed by atoms with Crippen LogP contribution in [0.15, 0.2) is 42.6 Å². The molecule has 1 aromatic carbocycles. The van der Waals surface area contributed by atoms with Crippen LogP contribution in [0.2, 0.25) is 0 Å². The van der Waals surface area contributed by atoms with E-state index >= 15 is 0 Å². The van der Waals surface area contributed by atoms with E-state index in [0.29, 0.717) is 11.3 Å². The smallest absolute Gasteiger partial charge is 0.276 e. The summed E-state index contributed by atoms with van der Waals surface area (Å²) in [6.07, 6.45) is 1.29. The summed E-state index contributed by atoms with van der Waals surface area (Å²) in [5.41, 5.74) is 6.07. The zero-order chi connectivity index (χ0) is 18.8. The van der Waals surface area contributed by atoms with E-state index < -0.39 is 10.8 Å². The summed E-state index contributed by atoms with van der Waals surface area (Å²) in [6, 6.07) is 9.13. The van der Waals surface area contributed by atoms with E-state index in [1.54, 1.807) is 24.3 Å². The minimum Gasteiger partial charge on any atom is -0.439 e. The number of H-pyrrole nitrogens is 1. The number of nitrogens with one attached hydrogen (secondary N) is 2. The molecule has 2 aromatic heterocycles. The second kappa shape index (κ2) is 6.51. The van der Waals surface area contributed by atoms with Gasteiger partial charge in [0, 0.05) is 36.3 Å². The van der Waals surface area contributed by atoms with Crippen molar-refractivity contribution in [3.63, 3.8) is 0 Å². The lowest BCUT2D eigenvalue weighted by molar-refractivity contribution is -0.385. The van der Waals surface area contributed by atoms with E-state index in [2.05, 4.69) is 9.97 Å². The number of nitrogens with zero attached hydrogens (tertiary/aromatic N) is 3. The van der Waals surface area contributed by atoms with Crippen LogP contribution < -0.4 is 10.5 Å². The Hall–Kier alpha value is -3.95. The van der Waals surface area contributed by atoms with Gasteiger partial charge in [-0.05, 0) is 18.2 Å². The second-order valence-electron chi connectivity index (χ2n) is 5.39. The number of aromatic amines is 1. The number of nitro groups is 1. The third kappa shape index (κ3) is 3.29. The van der Waals surface area contributed by atoms with Crippen molar-refractivity contribution in [3.05, 3.63) is 58.4 Å². The van der Waals surface area contributed by atoms with Gasteiger partial charge in [0.2, 0.25) is 5.88 Å². The molecule has 0 fully saturated rings. The van der Waals surface area contributed by atoms with Gasteiger partial charge in [-0.1, -0.05) is 0 Å². The molecule has 0 atom stereocenters. The zero-order valence-corrected chi connectivity index (χ0v) is 13.6. The van der Waals surface area contributed by atoms with Crippen LogP contribution in [0.25, 0.3) is 10.9 Å². The highest BCUT2D eigenvalue weighted by atomic mass is 16.6. The molecule has 10 nitrogen and oxygen atoms in total. The number of ether oxygens (including phenoxy) is 1. The molecule has 2 heterocycles. The molecule has 26 heavy (non-hydrogen) atoms. The number of pyridine rings is 1. The molecular weight excluding hydrogens is 340 g/mol. The van der Waals surface area contributed by atoms with Gasteiger partial charge in [-0.3, -0.25) is 25.2 Å². The summed E-state index contributed by atoms with van der Waals surface area (Å²) >= 11 is 0. The molecule has 1 amide bonds. The van der Waals surface area contributed by atoms with E-state index in [1.165, 1.54) is 25.4 Å². The van der Waals surface area contributed by atoms with Crippen LogP contribution in [0.5, 0.6) is 11.6 Å². The van der Waals surface area contributed by atoms with Crippen molar-refractivity contribution in [2.45, 2.75) is 0 Å². The summed E-state index contributed by atoms with van der Waals surface area (Å²) < 4.78 is 5.55. The molecule has 0 spiro atoms. The minimum absolute atomic E-state index is 0.0812. The van der Waals surface area contributed by atoms with Crippen LogP contribution in [-0.4, -0.2) is 38.7 Å². The van der Waals surface area contributed by atoms with Crippen molar-refractivity contribution in [3.8, 4) is 11.6 Å². The van der Waals surface area contributed by atoms with E-state index in [-0.39, 0.29) is 23.2 Å². The van der Waals surface area contributed by atoms with Crippen LogP contribution >= 0.6 is 0 Å². The molecule has 0 bridgehead atoms. The number of benzene rings is 1. The van der Waals surface area contributed by atoms with Crippen molar-refractivity contribution in [2.24, 2.45) is 5.73 Å². The Balaban J connectivity index is 1.88. The molecule has 10 heteroatoms. The van der Waals surface area contributed by atoms with Gasteiger partial charge >= 0.3 is 0 Å². The van der Waals surface area contributed by atoms with Crippen molar-refractivity contribution in [1.29, 1.82) is 5.41 Å². The van der Waals surface area contributed by atoms with Gasteiger partial charge in [0.05, 0.1) is 11.0 Å². The number of amides is 1. The van der Waals surface area contributed by atoms with E-state index in [0.717, 1.165) is 10.3 Å². The molecule has 3 rings (SSSR count). The minimum atomic E-state index is -0.536. The van der Waals surface area contributed by atoms with Crippen molar-refractivity contribution >= 4 is 28.5 Å². The highest BCUT2D eigenvalue weighted by Crippen LogP contribution is 2.26. The first kappa shape index (κ1) is 16.9. The number of carbonyl (C=O) groups excluding carboxylic acids is 1. The first-order valence-corrected chi connectivity index (χ1v) is 7.38. The van der Waals surface area contributed by atoms with Gasteiger partial charge in [0.15, 0.2) is 5.96 Å². The Morgan fingerprint density at radius 1 is 1.35 bits per heavy atom. The fourth-order valence-corrected chi connectivity index (χ4v) is 2.26. The number of aromatic nitrogens is 2. The van der Waals surface area contributed by atoms with Crippen LogP contribution in [0.3, 0.4) is 0 Å². The van der Waals surface area contributed by atoms with Gasteiger partial charge in [0.25, 0.3) is 11.6 Å². The summed E-state index contributed by atoms with van der Waals surface area (Å²) in [6.45, 7) is 0. The monoisotopic (exact) mass is 354 g/mol. The highest BCUT2D eigenvalue weighted by Gasteiger charge is 2.16. The van der Waals surface area contributed by atoms with Gasteiger partial charge in [0.1, 0.15) is 11.4 Å². The molecule has 3 aromatic rings. The first-order valence-electron chi connectivity index (χ1n) is 7.38. The van der Waals surface area contributed by atoms with Crippen LogP contribution in [-0.2, 0) is 0 Å². The highest BCUT2D eigenvalue weighted by molar-refractivity contribution is 6.05. The molecule has 4 N–H and O–H groups in total. The Kier molecular flexibility index (Phi) is 4.23. The maximum absolute atomic E-state index is 12.2. The maximum atomic E-state index is 12.2. The van der Waals surface area contributed by atoms with E-state index in [1.807, 2.05) is 0 Å². The Labute approximate surface area is 146 Å². The molecule has 0 saturated carbocycles. The fourth-order valence-electron chi connectivity index (χ4n) is 2.26. The Bertz CT molecular complexity index is 1030. The number of fused-ring (bicyclic) bond motifs is 1. The molecule has 0 aliphatic carbocycles. The standard InChI is InChI=1S/C16H14N6O4/c1-21(16(17)18)15(23)13-6-9-2-3-11(8-12(9)20-13)26-14-7-10(22(24)25)4-5-19-14/h2-8,20H,1H3,(H3,17,18). The molecular formula is C16H14N6O4. The first-order chi connectivity index (χ1) is 12.3. The number of hydrogen-bond donors (Lipinski definition) is 3. The van der Waals surface area contributed by atoms with Crippen LogP contribution in [0.1, 0.15) is 10.5 Å². The number of guanidine groups is 1.